The third-order valence-electron chi connectivity index (χ3n) is 5.57. The molecule has 1 aromatic carbocycles. The highest BCUT2D eigenvalue weighted by Gasteiger charge is 2.33. The van der Waals surface area contributed by atoms with Crippen LogP contribution in [0.3, 0.4) is 0 Å². The van der Waals surface area contributed by atoms with Gasteiger partial charge in [-0.2, -0.15) is 0 Å². The number of carbonyl (C=O) groups is 1. The number of hydrogen-bond donors (Lipinski definition) is 1. The van der Waals surface area contributed by atoms with Gasteiger partial charge in [0.25, 0.3) is 5.91 Å². The topological polar surface area (TPSA) is 50.8 Å². The zero-order valence-electron chi connectivity index (χ0n) is 18.8. The number of nitrogens with zero attached hydrogens (tertiary/aromatic N) is 1. The van der Waals surface area contributed by atoms with Gasteiger partial charge >= 0.3 is 0 Å². The lowest BCUT2D eigenvalue weighted by Crippen LogP contribution is -2.43. The Hall–Kier alpha value is -1.59. The molecule has 2 atom stereocenters. The van der Waals surface area contributed by atoms with Crippen molar-refractivity contribution >= 4 is 11.6 Å². The van der Waals surface area contributed by atoms with Gasteiger partial charge < -0.3 is 19.7 Å². The minimum absolute atomic E-state index is 0.0859. The second-order valence-electron chi connectivity index (χ2n) is 8.56. The fraction of sp³-hybridized carbons (Fsp3) is 0.708. The summed E-state index contributed by atoms with van der Waals surface area (Å²) in [7, 11) is 0. The van der Waals surface area contributed by atoms with Crippen molar-refractivity contribution in [3.05, 3.63) is 24.3 Å². The summed E-state index contributed by atoms with van der Waals surface area (Å²) in [5, 5.41) is 2.99. The molecule has 2 unspecified atom stereocenters. The van der Waals surface area contributed by atoms with Crippen LogP contribution in [0.2, 0.25) is 0 Å². The zero-order valence-corrected chi connectivity index (χ0v) is 18.8. The zero-order chi connectivity index (χ0) is 21.1. The molecule has 5 heteroatoms. The van der Waals surface area contributed by atoms with E-state index in [-0.39, 0.29) is 5.91 Å². The highest BCUT2D eigenvalue weighted by molar-refractivity contribution is 5.97. The van der Waals surface area contributed by atoms with Gasteiger partial charge in [-0.25, -0.2) is 0 Å². The van der Waals surface area contributed by atoms with Gasteiger partial charge in [-0.05, 0) is 75.8 Å². The molecule has 164 valence electrons. The van der Waals surface area contributed by atoms with E-state index in [4.69, 9.17) is 9.47 Å². The van der Waals surface area contributed by atoms with Crippen LogP contribution >= 0.6 is 0 Å². The quantitative estimate of drug-likeness (QED) is 0.492. The molecule has 1 aliphatic heterocycles. The fourth-order valence-corrected chi connectivity index (χ4v) is 3.92. The van der Waals surface area contributed by atoms with Crippen molar-refractivity contribution in [2.45, 2.75) is 71.8 Å². The largest absolute Gasteiger partial charge is 0.494 e. The Balaban J connectivity index is 1.76. The minimum atomic E-state index is -0.786. The van der Waals surface area contributed by atoms with E-state index >= 15 is 0 Å². The van der Waals surface area contributed by atoms with E-state index < -0.39 is 5.60 Å². The summed E-state index contributed by atoms with van der Waals surface area (Å²) in [6.45, 7) is 13.2. The average molecular weight is 405 g/mol. The number of anilines is 1. The number of likely N-dealkylation sites (tertiary alicyclic amines) is 1. The molecule has 2 rings (SSSR count). The van der Waals surface area contributed by atoms with Crippen molar-refractivity contribution in [2.24, 2.45) is 5.92 Å². The van der Waals surface area contributed by atoms with Crippen molar-refractivity contribution in [2.75, 3.05) is 38.2 Å². The summed E-state index contributed by atoms with van der Waals surface area (Å²) in [6.07, 6.45) is 6.21. The van der Waals surface area contributed by atoms with E-state index in [9.17, 15) is 4.79 Å². The lowest BCUT2D eigenvalue weighted by Gasteiger charge is -2.30. The highest BCUT2D eigenvalue weighted by Crippen LogP contribution is 2.22. The molecule has 0 bridgehead atoms. The van der Waals surface area contributed by atoms with E-state index in [1.165, 1.54) is 25.9 Å². The summed E-state index contributed by atoms with van der Waals surface area (Å²) in [6, 6.07) is 7.63. The first kappa shape index (κ1) is 23.7. The van der Waals surface area contributed by atoms with Gasteiger partial charge in [0.1, 0.15) is 11.4 Å². The monoisotopic (exact) mass is 404 g/mol. The standard InChI is InChI=1S/C24H40N2O3/c1-5-14-24(4,29-17-6-2)23(27)25-21-10-12-22(13-11-21)28-18-8-16-26-15-7-9-20(3)19-26/h10-13,20H,5-9,14-19H2,1-4H3,(H,25,27). The fourth-order valence-electron chi connectivity index (χ4n) is 3.92. The van der Waals surface area contributed by atoms with Crippen LogP contribution in [-0.4, -0.2) is 49.3 Å². The summed E-state index contributed by atoms with van der Waals surface area (Å²) in [5.41, 5.74) is -0.0154. The number of carbonyl (C=O) groups excluding carboxylic acids is 1. The molecule has 0 aromatic heterocycles. The SMILES string of the molecule is CCCOC(C)(CCC)C(=O)Nc1ccc(OCCCN2CCCC(C)C2)cc1. The molecule has 1 heterocycles. The number of nitrogens with one attached hydrogen (secondary N) is 1. The Morgan fingerprint density at radius 3 is 2.62 bits per heavy atom. The summed E-state index contributed by atoms with van der Waals surface area (Å²) >= 11 is 0. The van der Waals surface area contributed by atoms with Gasteiger partial charge in [-0.3, -0.25) is 4.79 Å². The number of benzene rings is 1. The van der Waals surface area contributed by atoms with Crippen LogP contribution < -0.4 is 10.1 Å². The van der Waals surface area contributed by atoms with Crippen molar-refractivity contribution in [1.82, 2.24) is 4.90 Å². The number of piperidine rings is 1. The van der Waals surface area contributed by atoms with Crippen LogP contribution in [0.4, 0.5) is 5.69 Å². The maximum absolute atomic E-state index is 12.7. The first-order valence-corrected chi connectivity index (χ1v) is 11.4. The Morgan fingerprint density at radius 2 is 1.97 bits per heavy atom. The van der Waals surface area contributed by atoms with E-state index in [1.807, 2.05) is 31.2 Å². The Kier molecular flexibility index (Phi) is 9.95. The predicted molar refractivity (Wildman–Crippen MR) is 120 cm³/mol. The molecule has 29 heavy (non-hydrogen) atoms. The van der Waals surface area contributed by atoms with Crippen LogP contribution in [0, 0.1) is 5.92 Å². The van der Waals surface area contributed by atoms with Crippen molar-refractivity contribution < 1.29 is 14.3 Å². The Morgan fingerprint density at radius 1 is 1.21 bits per heavy atom. The third-order valence-corrected chi connectivity index (χ3v) is 5.57. The summed E-state index contributed by atoms with van der Waals surface area (Å²) < 4.78 is 11.7. The van der Waals surface area contributed by atoms with Crippen LogP contribution in [-0.2, 0) is 9.53 Å². The molecule has 1 fully saturated rings. The van der Waals surface area contributed by atoms with Crippen LogP contribution in [0.25, 0.3) is 0 Å². The first-order chi connectivity index (χ1) is 14.0. The van der Waals surface area contributed by atoms with Gasteiger partial charge in [0.2, 0.25) is 0 Å². The van der Waals surface area contributed by atoms with Crippen molar-refractivity contribution in [1.29, 1.82) is 0 Å². The van der Waals surface area contributed by atoms with Crippen LogP contribution in [0.15, 0.2) is 24.3 Å². The molecule has 0 aliphatic carbocycles. The van der Waals surface area contributed by atoms with Gasteiger partial charge in [0.15, 0.2) is 0 Å². The third kappa shape index (κ3) is 7.98. The molecule has 0 saturated carbocycles. The lowest BCUT2D eigenvalue weighted by molar-refractivity contribution is -0.140. The number of rotatable bonds is 12. The molecule has 1 N–H and O–H groups in total. The second-order valence-corrected chi connectivity index (χ2v) is 8.56. The Bertz CT molecular complexity index is 605. The van der Waals surface area contributed by atoms with E-state index in [0.29, 0.717) is 13.0 Å². The number of hydrogen-bond acceptors (Lipinski definition) is 4. The highest BCUT2D eigenvalue weighted by atomic mass is 16.5. The molecule has 1 aromatic rings. The van der Waals surface area contributed by atoms with E-state index in [0.717, 1.165) is 49.8 Å². The van der Waals surface area contributed by atoms with Crippen molar-refractivity contribution in [3.63, 3.8) is 0 Å². The molecular formula is C24H40N2O3. The molecule has 1 saturated heterocycles. The molecule has 1 aliphatic rings. The van der Waals surface area contributed by atoms with Crippen LogP contribution in [0.1, 0.15) is 66.2 Å². The van der Waals surface area contributed by atoms with Gasteiger partial charge in [0.05, 0.1) is 6.61 Å². The lowest BCUT2D eigenvalue weighted by atomic mass is 9.99. The summed E-state index contributed by atoms with van der Waals surface area (Å²) in [5.74, 6) is 1.57. The first-order valence-electron chi connectivity index (χ1n) is 11.4. The molecular weight excluding hydrogens is 364 g/mol. The maximum Gasteiger partial charge on any atom is 0.256 e. The second kappa shape index (κ2) is 12.2. The van der Waals surface area contributed by atoms with E-state index in [1.54, 1.807) is 0 Å². The smallest absolute Gasteiger partial charge is 0.256 e. The normalized spacial score (nSPS) is 19.5. The van der Waals surface area contributed by atoms with Crippen molar-refractivity contribution in [3.8, 4) is 5.75 Å². The molecule has 5 nitrogen and oxygen atoms in total. The maximum atomic E-state index is 12.7. The molecule has 1 amide bonds. The molecule has 0 spiro atoms. The predicted octanol–water partition coefficient (Wildman–Crippen LogP) is 5.11. The Labute approximate surface area is 177 Å². The number of amides is 1. The van der Waals surface area contributed by atoms with Crippen LogP contribution in [0.5, 0.6) is 5.75 Å². The van der Waals surface area contributed by atoms with Gasteiger partial charge in [-0.1, -0.05) is 27.2 Å². The van der Waals surface area contributed by atoms with E-state index in [2.05, 4.69) is 31.0 Å². The molecule has 0 radical (unpaired) electrons. The minimum Gasteiger partial charge on any atom is -0.494 e. The van der Waals surface area contributed by atoms with Gasteiger partial charge in [0, 0.05) is 25.4 Å². The van der Waals surface area contributed by atoms with Gasteiger partial charge in [-0.15, -0.1) is 0 Å². The average Bonchev–Trinajstić information content (AvgIpc) is 2.71. The number of ether oxygens (including phenoxy) is 2. The summed E-state index contributed by atoms with van der Waals surface area (Å²) in [4.78, 5) is 15.3.